The smallest absolute Gasteiger partial charge is 0.190 e. The summed E-state index contributed by atoms with van der Waals surface area (Å²) in [6.45, 7) is 8.30. The molecule has 5 nitrogen and oxygen atoms in total. The van der Waals surface area contributed by atoms with E-state index in [1.807, 2.05) is 29.3 Å². The van der Waals surface area contributed by atoms with Gasteiger partial charge in [0, 0.05) is 30.6 Å². The van der Waals surface area contributed by atoms with E-state index in [-0.39, 0.29) is 6.29 Å². The number of hydrogen-bond donors (Lipinski definition) is 2. The van der Waals surface area contributed by atoms with Crippen molar-refractivity contribution in [1.82, 2.24) is 10.3 Å². The molecule has 0 fully saturated rings. The van der Waals surface area contributed by atoms with Crippen LogP contribution in [0, 0.1) is 0 Å². The molecule has 1 aliphatic heterocycles. The van der Waals surface area contributed by atoms with Crippen LogP contribution in [0.15, 0.2) is 27.7 Å². The Labute approximate surface area is 135 Å². The van der Waals surface area contributed by atoms with Gasteiger partial charge in [-0.2, -0.15) is 0 Å². The van der Waals surface area contributed by atoms with Crippen LogP contribution in [-0.4, -0.2) is 32.6 Å². The maximum atomic E-state index is 5.78. The number of ether oxygens (including phenoxy) is 1. The Bertz CT molecular complexity index is 602. The molecule has 1 aliphatic rings. The van der Waals surface area contributed by atoms with E-state index in [9.17, 15) is 0 Å². The van der Waals surface area contributed by atoms with E-state index in [0.717, 1.165) is 27.7 Å². The molecule has 0 aromatic heterocycles. The quantitative estimate of drug-likeness (QED) is 0.341. The van der Waals surface area contributed by atoms with Crippen molar-refractivity contribution in [2.24, 2.45) is 10.8 Å². The summed E-state index contributed by atoms with van der Waals surface area (Å²) in [5.74, 6) is 5.60. The van der Waals surface area contributed by atoms with Gasteiger partial charge in [-0.05, 0) is 18.2 Å². The van der Waals surface area contributed by atoms with Crippen molar-refractivity contribution in [3.63, 3.8) is 0 Å². The fourth-order valence-corrected chi connectivity index (χ4v) is 3.09. The molecule has 0 radical (unpaired) electrons. The normalized spacial score (nSPS) is 18.0. The van der Waals surface area contributed by atoms with Crippen molar-refractivity contribution in [2.75, 3.05) is 13.3 Å². The minimum absolute atomic E-state index is 0.293. The van der Waals surface area contributed by atoms with Crippen LogP contribution in [0.2, 0.25) is 25.7 Å². The summed E-state index contributed by atoms with van der Waals surface area (Å²) in [6.07, 6.45) is 1.74. The van der Waals surface area contributed by atoms with Crippen molar-refractivity contribution >= 4 is 30.2 Å². The van der Waals surface area contributed by atoms with Crippen molar-refractivity contribution in [2.45, 2.75) is 32.0 Å². The number of fused-ring (bicyclic) bond motifs is 1. The van der Waals surface area contributed by atoms with Crippen LogP contribution in [-0.2, 0) is 4.74 Å². The summed E-state index contributed by atoms with van der Waals surface area (Å²) < 4.78 is 6.79. The Balaban J connectivity index is 2.04. The van der Waals surface area contributed by atoms with E-state index in [4.69, 9.17) is 10.6 Å². The molecule has 1 unspecified atom stereocenters. The highest BCUT2D eigenvalue weighted by molar-refractivity contribution is 9.10. The van der Waals surface area contributed by atoms with Crippen molar-refractivity contribution in [3.8, 4) is 0 Å². The first-order valence-corrected chi connectivity index (χ1v) is 11.5. The van der Waals surface area contributed by atoms with Crippen LogP contribution in [0.25, 0.3) is 6.20 Å². The summed E-state index contributed by atoms with van der Waals surface area (Å²) in [5.41, 5.74) is 2.71. The zero-order chi connectivity index (χ0) is 15.5. The lowest BCUT2D eigenvalue weighted by Gasteiger charge is -2.29. The van der Waals surface area contributed by atoms with E-state index in [1.54, 1.807) is 0 Å². The number of benzene rings is 1. The number of nitrogens with one attached hydrogen (secondary N) is 1. The zero-order valence-electron chi connectivity index (χ0n) is 12.8. The lowest BCUT2D eigenvalue weighted by molar-refractivity contribution is 0.0423. The molecule has 1 atom stereocenters. The molecule has 116 valence electrons. The summed E-state index contributed by atoms with van der Waals surface area (Å²) in [6, 6.07) is 7.18. The Hall–Kier alpha value is -0.733. The van der Waals surface area contributed by atoms with E-state index in [1.165, 1.54) is 0 Å². The fourth-order valence-electron chi connectivity index (χ4n) is 1.98. The summed E-state index contributed by atoms with van der Waals surface area (Å²) in [7, 11) is -1.06. The van der Waals surface area contributed by atoms with Gasteiger partial charge in [-0.1, -0.05) is 41.6 Å². The molecule has 1 heterocycles. The first-order valence-electron chi connectivity index (χ1n) is 7.04. The predicted octanol–water partition coefficient (Wildman–Crippen LogP) is 1.18. The van der Waals surface area contributed by atoms with Gasteiger partial charge in [0.05, 0.1) is 5.36 Å². The van der Waals surface area contributed by atoms with Crippen molar-refractivity contribution in [3.05, 3.63) is 33.2 Å². The lowest BCUT2D eigenvalue weighted by atomic mass is 10.2. The third kappa shape index (κ3) is 4.89. The topological polar surface area (TPSA) is 62.9 Å². The minimum Gasteiger partial charge on any atom is -0.361 e. The molecule has 2 rings (SSSR count). The Morgan fingerprint density at radius 2 is 2.19 bits per heavy atom. The van der Waals surface area contributed by atoms with Crippen LogP contribution in [0.1, 0.15) is 0 Å². The average molecular weight is 371 g/mol. The maximum absolute atomic E-state index is 5.78. The second-order valence-corrected chi connectivity index (χ2v) is 12.9. The molecule has 1 aromatic carbocycles. The summed E-state index contributed by atoms with van der Waals surface area (Å²) in [4.78, 5) is 6.56. The molecule has 1 aromatic rings. The highest BCUT2D eigenvalue weighted by atomic mass is 79.9. The maximum Gasteiger partial charge on any atom is 0.190 e. The number of rotatable bonds is 6. The second kappa shape index (κ2) is 7.02. The van der Waals surface area contributed by atoms with Crippen molar-refractivity contribution < 1.29 is 4.74 Å². The molecule has 7 heteroatoms. The molecule has 0 saturated carbocycles. The van der Waals surface area contributed by atoms with E-state index < -0.39 is 8.07 Å². The van der Waals surface area contributed by atoms with Gasteiger partial charge in [-0.3, -0.25) is 5.84 Å². The molecule has 0 amide bonds. The average Bonchev–Trinajstić information content (AvgIpc) is 2.41. The fraction of sp³-hybridized carbons (Fsp3) is 0.500. The molecule has 0 bridgehead atoms. The van der Waals surface area contributed by atoms with Gasteiger partial charge in [0.1, 0.15) is 6.73 Å². The lowest BCUT2D eigenvalue weighted by Crippen LogP contribution is -2.52. The molecule has 21 heavy (non-hydrogen) atoms. The van der Waals surface area contributed by atoms with Gasteiger partial charge in [0.2, 0.25) is 0 Å². The van der Waals surface area contributed by atoms with Gasteiger partial charge < -0.3 is 9.64 Å². The van der Waals surface area contributed by atoms with Gasteiger partial charge in [0.25, 0.3) is 0 Å². The van der Waals surface area contributed by atoms with Gasteiger partial charge in [-0.15, -0.1) is 0 Å². The molecular formula is C14H23BrN4OSi. The number of hydrogen-bond acceptors (Lipinski definition) is 5. The molecular weight excluding hydrogens is 348 g/mol. The largest absolute Gasteiger partial charge is 0.361 e. The van der Waals surface area contributed by atoms with E-state index in [2.05, 4.69) is 46.0 Å². The Morgan fingerprint density at radius 1 is 1.43 bits per heavy atom. The monoisotopic (exact) mass is 370 g/mol. The Morgan fingerprint density at radius 3 is 2.86 bits per heavy atom. The number of nitrogens with zero attached hydrogens (tertiary/aromatic N) is 2. The van der Waals surface area contributed by atoms with Crippen LogP contribution >= 0.6 is 15.9 Å². The van der Waals surface area contributed by atoms with E-state index >= 15 is 0 Å². The van der Waals surface area contributed by atoms with E-state index in [0.29, 0.717) is 6.73 Å². The van der Waals surface area contributed by atoms with Gasteiger partial charge >= 0.3 is 0 Å². The predicted molar refractivity (Wildman–Crippen MR) is 91.3 cm³/mol. The van der Waals surface area contributed by atoms with Crippen LogP contribution < -0.4 is 21.8 Å². The van der Waals surface area contributed by atoms with Crippen molar-refractivity contribution in [1.29, 1.82) is 0 Å². The van der Waals surface area contributed by atoms with Crippen LogP contribution in [0.4, 0.5) is 0 Å². The molecule has 0 aliphatic carbocycles. The summed E-state index contributed by atoms with van der Waals surface area (Å²) in [5, 5.41) is 1.99. The van der Waals surface area contributed by atoms with Gasteiger partial charge in [-0.25, -0.2) is 10.4 Å². The van der Waals surface area contributed by atoms with Gasteiger partial charge in [0.15, 0.2) is 6.29 Å². The molecule has 0 saturated heterocycles. The standard InChI is InChI=1S/C14H23BrN4OSi/c1-21(2,3)7-6-20-10-19-9-11-4-5-12(15)8-13(11)17-14(19)18-16/h4-5,8-9,14,18H,6-7,10,16H2,1-3H3. The third-order valence-electron chi connectivity index (χ3n) is 3.26. The first-order chi connectivity index (χ1) is 9.89. The second-order valence-electron chi connectivity index (χ2n) is 6.36. The summed E-state index contributed by atoms with van der Waals surface area (Å²) >= 11 is 3.46. The third-order valence-corrected chi connectivity index (χ3v) is 5.46. The SMILES string of the molecule is C[Si](C)(C)CCOCN1C=c2ccc(Br)cc2=NC1NN. The molecule has 0 spiro atoms. The number of nitrogens with two attached hydrogens (primary N) is 1. The first kappa shape index (κ1) is 16.6. The highest BCUT2D eigenvalue weighted by Crippen LogP contribution is 2.09. The molecule has 3 N–H and O–H groups in total. The van der Waals surface area contributed by atoms with Crippen LogP contribution in [0.3, 0.4) is 0 Å². The Kier molecular flexibility index (Phi) is 5.56. The minimum atomic E-state index is -1.06. The highest BCUT2D eigenvalue weighted by Gasteiger charge is 2.17. The number of halogens is 1. The zero-order valence-corrected chi connectivity index (χ0v) is 15.4. The van der Waals surface area contributed by atoms with Crippen LogP contribution in [0.5, 0.6) is 0 Å². The number of hydrazine groups is 1.